The first kappa shape index (κ1) is 24.6. The summed E-state index contributed by atoms with van der Waals surface area (Å²) in [5.74, 6) is -1.41. The van der Waals surface area contributed by atoms with Crippen molar-refractivity contribution >= 4 is 23.6 Å². The third-order valence-electron chi connectivity index (χ3n) is 6.63. The number of fused-ring (bicyclic) bond motifs is 1. The van der Waals surface area contributed by atoms with Crippen LogP contribution in [0.15, 0.2) is 36.7 Å². The van der Waals surface area contributed by atoms with E-state index in [9.17, 15) is 19.5 Å². The van der Waals surface area contributed by atoms with Gasteiger partial charge in [-0.1, -0.05) is 19.1 Å². The number of carbonyl (C=O) groups excluding carboxylic acids is 2. The van der Waals surface area contributed by atoms with Crippen LogP contribution in [0.2, 0.25) is 0 Å². The molecular formula is C25H32N6O4. The topological polar surface area (TPSA) is 137 Å². The van der Waals surface area contributed by atoms with Gasteiger partial charge in [0.05, 0.1) is 30.2 Å². The van der Waals surface area contributed by atoms with Crippen LogP contribution >= 0.6 is 0 Å². The Morgan fingerprint density at radius 2 is 2.17 bits per heavy atom. The monoisotopic (exact) mass is 480 g/mol. The zero-order valence-corrected chi connectivity index (χ0v) is 19.9. The molecule has 2 unspecified atom stereocenters. The highest BCUT2D eigenvalue weighted by atomic mass is 16.4. The van der Waals surface area contributed by atoms with Crippen molar-refractivity contribution in [2.24, 2.45) is 5.92 Å². The highest BCUT2D eigenvalue weighted by molar-refractivity contribution is 5.89. The van der Waals surface area contributed by atoms with Gasteiger partial charge in [0.15, 0.2) is 0 Å². The number of rotatable bonds is 10. The zero-order valence-electron chi connectivity index (χ0n) is 19.9. The number of aromatic nitrogens is 2. The molecule has 4 heterocycles. The summed E-state index contributed by atoms with van der Waals surface area (Å²) in [4.78, 5) is 47.7. The van der Waals surface area contributed by atoms with Crippen LogP contribution in [-0.4, -0.2) is 63.4 Å². The van der Waals surface area contributed by atoms with Crippen LogP contribution < -0.4 is 16.0 Å². The Kier molecular flexibility index (Phi) is 7.91. The Labute approximate surface area is 204 Å². The molecule has 1 saturated heterocycles. The molecule has 35 heavy (non-hydrogen) atoms. The second-order valence-corrected chi connectivity index (χ2v) is 9.01. The minimum absolute atomic E-state index is 0.120. The molecule has 2 aliphatic rings. The number of carboxylic acid groups (broad SMARTS) is 1. The molecule has 0 bridgehead atoms. The summed E-state index contributed by atoms with van der Waals surface area (Å²) in [7, 11) is 0. The molecule has 2 aromatic heterocycles. The largest absolute Gasteiger partial charge is 0.481 e. The van der Waals surface area contributed by atoms with Gasteiger partial charge in [0.25, 0.3) is 0 Å². The first-order chi connectivity index (χ1) is 17.0. The smallest absolute Gasteiger partial charge is 0.308 e. The maximum Gasteiger partial charge on any atom is 0.308 e. The molecule has 10 nitrogen and oxygen atoms in total. The van der Waals surface area contributed by atoms with Gasteiger partial charge >= 0.3 is 5.97 Å². The van der Waals surface area contributed by atoms with Crippen molar-refractivity contribution in [2.75, 3.05) is 25.0 Å². The van der Waals surface area contributed by atoms with Gasteiger partial charge in [0.2, 0.25) is 11.8 Å². The van der Waals surface area contributed by atoms with E-state index in [0.717, 1.165) is 30.9 Å². The number of likely N-dealkylation sites (tertiary alicyclic amines) is 1. The van der Waals surface area contributed by atoms with Gasteiger partial charge in [0.1, 0.15) is 5.82 Å². The number of carbonyl (C=O) groups is 3. The van der Waals surface area contributed by atoms with E-state index in [4.69, 9.17) is 0 Å². The zero-order chi connectivity index (χ0) is 24.8. The van der Waals surface area contributed by atoms with E-state index >= 15 is 0 Å². The van der Waals surface area contributed by atoms with Gasteiger partial charge in [-0.05, 0) is 48.9 Å². The lowest BCUT2D eigenvalue weighted by molar-refractivity contribution is -0.143. The maximum absolute atomic E-state index is 12.9. The lowest BCUT2D eigenvalue weighted by Gasteiger charge is -2.26. The molecule has 4 N–H and O–H groups in total. The average Bonchev–Trinajstić information content (AvgIpc) is 3.21. The van der Waals surface area contributed by atoms with E-state index < -0.39 is 23.8 Å². The molecule has 10 heteroatoms. The number of aryl methyl sites for hydroxylation is 1. The molecule has 0 aromatic carbocycles. The molecule has 3 atom stereocenters. The van der Waals surface area contributed by atoms with E-state index in [1.54, 1.807) is 31.5 Å². The SMILES string of the molecule is CCC(C(=O)O)[C@H](NC(=O)CN1CCC(NCc2ccc3c(n2)NCCC3)C1=O)c1cccnc1. The van der Waals surface area contributed by atoms with Gasteiger partial charge in [-0.25, -0.2) is 4.98 Å². The van der Waals surface area contributed by atoms with Gasteiger partial charge in [0, 0.05) is 32.0 Å². The predicted octanol–water partition coefficient (Wildman–Crippen LogP) is 1.49. The molecule has 2 aliphatic heterocycles. The van der Waals surface area contributed by atoms with E-state index in [2.05, 4.69) is 32.0 Å². The summed E-state index contributed by atoms with van der Waals surface area (Å²) in [6.07, 6.45) is 6.21. The van der Waals surface area contributed by atoms with E-state index in [1.807, 2.05) is 6.07 Å². The van der Waals surface area contributed by atoms with E-state index in [0.29, 0.717) is 31.5 Å². The van der Waals surface area contributed by atoms with Crippen LogP contribution in [0.3, 0.4) is 0 Å². The van der Waals surface area contributed by atoms with Crippen molar-refractivity contribution in [3.05, 3.63) is 53.5 Å². The van der Waals surface area contributed by atoms with Crippen molar-refractivity contribution in [1.82, 2.24) is 25.5 Å². The van der Waals surface area contributed by atoms with Gasteiger partial charge in [-0.15, -0.1) is 0 Å². The molecule has 0 saturated carbocycles. The minimum atomic E-state index is -0.992. The van der Waals surface area contributed by atoms with Crippen molar-refractivity contribution in [1.29, 1.82) is 0 Å². The quantitative estimate of drug-likeness (QED) is 0.402. The van der Waals surface area contributed by atoms with Crippen molar-refractivity contribution in [3.8, 4) is 0 Å². The second-order valence-electron chi connectivity index (χ2n) is 9.01. The number of aliphatic carboxylic acids is 1. The average molecular weight is 481 g/mol. The van der Waals surface area contributed by atoms with E-state index in [-0.39, 0.29) is 18.5 Å². The van der Waals surface area contributed by atoms with Crippen LogP contribution in [0, 0.1) is 5.92 Å². The Bertz CT molecular complexity index is 1060. The summed E-state index contributed by atoms with van der Waals surface area (Å²) in [6.45, 7) is 3.48. The van der Waals surface area contributed by atoms with Crippen molar-refractivity contribution in [2.45, 2.75) is 51.2 Å². The molecule has 186 valence electrons. The van der Waals surface area contributed by atoms with Crippen LogP contribution in [0.5, 0.6) is 0 Å². The highest BCUT2D eigenvalue weighted by Crippen LogP contribution is 2.25. The van der Waals surface area contributed by atoms with Gasteiger partial charge < -0.3 is 26.0 Å². The predicted molar refractivity (Wildman–Crippen MR) is 129 cm³/mol. The Morgan fingerprint density at radius 3 is 2.91 bits per heavy atom. The number of nitrogens with one attached hydrogen (secondary N) is 3. The molecule has 1 fully saturated rings. The standard InChI is InChI=1S/C25H32N6O4/c1-2-19(25(34)35)22(17-6-3-10-26-13-17)30-21(32)15-31-12-9-20(24(31)33)28-14-18-8-7-16-5-4-11-27-23(16)29-18/h3,6-8,10,13,19-20,22,28H,2,4-5,9,11-12,14-15H2,1H3,(H,27,29)(H,30,32)(H,34,35)/t19?,20?,22-/m1/s1. The van der Waals surface area contributed by atoms with Gasteiger partial charge in [-0.3, -0.25) is 19.4 Å². The van der Waals surface area contributed by atoms with Crippen LogP contribution in [0.25, 0.3) is 0 Å². The Morgan fingerprint density at radius 1 is 1.31 bits per heavy atom. The molecular weight excluding hydrogens is 448 g/mol. The molecule has 2 amide bonds. The Balaban J connectivity index is 1.33. The van der Waals surface area contributed by atoms with Crippen molar-refractivity contribution < 1.29 is 19.5 Å². The number of anilines is 1. The van der Waals surface area contributed by atoms with Crippen LogP contribution in [0.1, 0.15) is 49.0 Å². The number of pyridine rings is 2. The first-order valence-corrected chi connectivity index (χ1v) is 12.1. The third kappa shape index (κ3) is 5.94. The first-order valence-electron chi connectivity index (χ1n) is 12.1. The normalized spacial score (nSPS) is 18.9. The fourth-order valence-corrected chi connectivity index (χ4v) is 4.70. The summed E-state index contributed by atoms with van der Waals surface area (Å²) < 4.78 is 0. The summed E-state index contributed by atoms with van der Waals surface area (Å²) >= 11 is 0. The maximum atomic E-state index is 12.9. The summed E-state index contributed by atoms with van der Waals surface area (Å²) in [6, 6.07) is 6.40. The van der Waals surface area contributed by atoms with E-state index in [1.165, 1.54) is 10.5 Å². The van der Waals surface area contributed by atoms with Gasteiger partial charge in [-0.2, -0.15) is 0 Å². The third-order valence-corrected chi connectivity index (χ3v) is 6.63. The fraction of sp³-hybridized carbons (Fsp3) is 0.480. The molecule has 4 rings (SSSR count). The fourth-order valence-electron chi connectivity index (χ4n) is 4.70. The minimum Gasteiger partial charge on any atom is -0.481 e. The molecule has 0 radical (unpaired) electrons. The Hall–Kier alpha value is -3.53. The van der Waals surface area contributed by atoms with Crippen molar-refractivity contribution in [3.63, 3.8) is 0 Å². The van der Waals surface area contributed by atoms with Crippen LogP contribution in [-0.2, 0) is 27.3 Å². The second kappa shape index (κ2) is 11.3. The van der Waals surface area contributed by atoms with Crippen LogP contribution in [0.4, 0.5) is 5.82 Å². The lowest BCUT2D eigenvalue weighted by Crippen LogP contribution is -2.45. The molecule has 0 aliphatic carbocycles. The molecule has 0 spiro atoms. The molecule has 2 aromatic rings. The lowest BCUT2D eigenvalue weighted by atomic mass is 9.91. The number of hydrogen-bond donors (Lipinski definition) is 4. The summed E-state index contributed by atoms with van der Waals surface area (Å²) in [5, 5.41) is 19.1. The number of hydrogen-bond acceptors (Lipinski definition) is 7. The number of carboxylic acids is 1. The number of amides is 2. The summed E-state index contributed by atoms with van der Waals surface area (Å²) in [5.41, 5.74) is 2.70. The highest BCUT2D eigenvalue weighted by Gasteiger charge is 2.34. The number of nitrogens with zero attached hydrogens (tertiary/aromatic N) is 3.